The first-order valence-electron chi connectivity index (χ1n) is 6.98. The number of benzene rings is 1. The molecule has 0 bridgehead atoms. The number of hydrogen-bond donors (Lipinski definition) is 1. The molecule has 0 aliphatic carbocycles. The van der Waals surface area contributed by atoms with E-state index < -0.39 is 0 Å². The predicted octanol–water partition coefficient (Wildman–Crippen LogP) is 2.47. The Bertz CT molecular complexity index is 383. The van der Waals surface area contributed by atoms with Gasteiger partial charge in [-0.1, -0.05) is 28.1 Å². The summed E-state index contributed by atoms with van der Waals surface area (Å²) in [5.74, 6) is 0. The van der Waals surface area contributed by atoms with Gasteiger partial charge < -0.3 is 10.6 Å². The summed E-state index contributed by atoms with van der Waals surface area (Å²) >= 11 is 3.49. The van der Waals surface area contributed by atoms with Gasteiger partial charge in [0, 0.05) is 36.2 Å². The smallest absolute Gasteiger partial charge is 0.0470 e. The summed E-state index contributed by atoms with van der Waals surface area (Å²) in [6.45, 7) is 2.97. The quantitative estimate of drug-likeness (QED) is 0.923. The number of hydrogen-bond acceptors (Lipinski definition) is 3. The SMILES string of the molecule is CN(C)C1CCN(C(CN)c2ccc(Br)cc2)CC1. The number of piperidine rings is 1. The molecule has 0 spiro atoms. The fourth-order valence-corrected chi connectivity index (χ4v) is 3.16. The van der Waals surface area contributed by atoms with Crippen molar-refractivity contribution >= 4 is 15.9 Å². The van der Waals surface area contributed by atoms with E-state index in [1.807, 2.05) is 0 Å². The number of nitrogens with zero attached hydrogens (tertiary/aromatic N) is 2. The van der Waals surface area contributed by atoms with E-state index in [1.54, 1.807) is 0 Å². The van der Waals surface area contributed by atoms with Gasteiger partial charge in [-0.3, -0.25) is 4.90 Å². The topological polar surface area (TPSA) is 32.5 Å². The largest absolute Gasteiger partial charge is 0.329 e. The van der Waals surface area contributed by atoms with E-state index in [0.717, 1.165) is 23.6 Å². The third-order valence-electron chi connectivity index (χ3n) is 4.15. The zero-order chi connectivity index (χ0) is 13.8. The fraction of sp³-hybridized carbons (Fsp3) is 0.600. The molecule has 3 nitrogen and oxygen atoms in total. The molecule has 0 amide bonds. The molecular formula is C15H24BrN3. The maximum atomic E-state index is 6.00. The normalized spacial score (nSPS) is 19.8. The van der Waals surface area contributed by atoms with Gasteiger partial charge in [-0.2, -0.15) is 0 Å². The summed E-state index contributed by atoms with van der Waals surface area (Å²) in [5, 5.41) is 0. The Morgan fingerprint density at radius 1 is 1.26 bits per heavy atom. The lowest BCUT2D eigenvalue weighted by Gasteiger charge is -2.39. The van der Waals surface area contributed by atoms with Crippen molar-refractivity contribution in [2.75, 3.05) is 33.7 Å². The number of likely N-dealkylation sites (tertiary alicyclic amines) is 1. The van der Waals surface area contributed by atoms with E-state index >= 15 is 0 Å². The third kappa shape index (κ3) is 3.78. The molecule has 4 heteroatoms. The van der Waals surface area contributed by atoms with E-state index in [9.17, 15) is 0 Å². The second-order valence-electron chi connectivity index (χ2n) is 5.53. The summed E-state index contributed by atoms with van der Waals surface area (Å²) < 4.78 is 1.12. The van der Waals surface area contributed by atoms with Crippen LogP contribution in [0.3, 0.4) is 0 Å². The molecule has 1 saturated heterocycles. The zero-order valence-electron chi connectivity index (χ0n) is 11.8. The molecule has 1 atom stereocenters. The average molecular weight is 326 g/mol. The Hall–Kier alpha value is -0.420. The summed E-state index contributed by atoms with van der Waals surface area (Å²) in [6, 6.07) is 9.64. The molecule has 106 valence electrons. The highest BCUT2D eigenvalue weighted by Crippen LogP contribution is 2.26. The van der Waals surface area contributed by atoms with Crippen molar-refractivity contribution in [2.45, 2.75) is 24.9 Å². The van der Waals surface area contributed by atoms with Crippen molar-refractivity contribution in [3.63, 3.8) is 0 Å². The summed E-state index contributed by atoms with van der Waals surface area (Å²) in [4.78, 5) is 4.87. The molecule has 1 aliphatic heterocycles. The number of rotatable bonds is 4. The van der Waals surface area contributed by atoms with Crippen molar-refractivity contribution in [1.29, 1.82) is 0 Å². The first kappa shape index (κ1) is 15.0. The van der Waals surface area contributed by atoms with Crippen LogP contribution in [0.15, 0.2) is 28.7 Å². The molecule has 2 N–H and O–H groups in total. The van der Waals surface area contributed by atoms with Gasteiger partial charge >= 0.3 is 0 Å². The Morgan fingerprint density at radius 3 is 2.32 bits per heavy atom. The Labute approximate surface area is 124 Å². The second kappa shape index (κ2) is 6.84. The lowest BCUT2D eigenvalue weighted by molar-refractivity contribution is 0.111. The van der Waals surface area contributed by atoms with Gasteiger partial charge in [0.1, 0.15) is 0 Å². The highest BCUT2D eigenvalue weighted by Gasteiger charge is 2.25. The Balaban J connectivity index is 2.01. The number of nitrogens with two attached hydrogens (primary N) is 1. The lowest BCUT2D eigenvalue weighted by atomic mass is 9.99. The molecule has 1 aromatic rings. The van der Waals surface area contributed by atoms with E-state index in [2.05, 4.69) is 64.1 Å². The molecule has 1 heterocycles. The molecule has 1 aliphatic rings. The van der Waals surface area contributed by atoms with Gasteiger partial charge in [-0.15, -0.1) is 0 Å². The molecule has 1 aromatic carbocycles. The van der Waals surface area contributed by atoms with Crippen molar-refractivity contribution in [3.05, 3.63) is 34.3 Å². The third-order valence-corrected chi connectivity index (χ3v) is 4.68. The summed E-state index contributed by atoms with van der Waals surface area (Å²) in [5.41, 5.74) is 7.33. The van der Waals surface area contributed by atoms with Crippen LogP contribution in [0.25, 0.3) is 0 Å². The van der Waals surface area contributed by atoms with Crippen LogP contribution in [-0.2, 0) is 0 Å². The molecule has 19 heavy (non-hydrogen) atoms. The second-order valence-corrected chi connectivity index (χ2v) is 6.45. The monoisotopic (exact) mass is 325 g/mol. The van der Waals surface area contributed by atoms with E-state index in [-0.39, 0.29) is 0 Å². The molecule has 0 saturated carbocycles. The molecule has 0 radical (unpaired) electrons. The van der Waals surface area contributed by atoms with Crippen LogP contribution in [0.2, 0.25) is 0 Å². The standard InChI is InChI=1S/C15H24BrN3/c1-18(2)14-7-9-19(10-8-14)15(11-17)12-3-5-13(16)6-4-12/h3-6,14-15H,7-11,17H2,1-2H3. The van der Waals surface area contributed by atoms with Crippen LogP contribution in [0.5, 0.6) is 0 Å². The van der Waals surface area contributed by atoms with Crippen LogP contribution in [0.1, 0.15) is 24.4 Å². The van der Waals surface area contributed by atoms with Crippen LogP contribution in [0, 0.1) is 0 Å². The van der Waals surface area contributed by atoms with Gasteiger partial charge in [-0.25, -0.2) is 0 Å². The number of halogens is 1. The average Bonchev–Trinajstić information content (AvgIpc) is 2.42. The van der Waals surface area contributed by atoms with Gasteiger partial charge in [0.05, 0.1) is 0 Å². The van der Waals surface area contributed by atoms with E-state index in [1.165, 1.54) is 18.4 Å². The molecule has 1 fully saturated rings. The van der Waals surface area contributed by atoms with E-state index in [4.69, 9.17) is 5.73 Å². The van der Waals surface area contributed by atoms with Gasteiger partial charge in [0.15, 0.2) is 0 Å². The maximum absolute atomic E-state index is 6.00. The van der Waals surface area contributed by atoms with Gasteiger partial charge in [0.2, 0.25) is 0 Å². The van der Waals surface area contributed by atoms with Crippen molar-refractivity contribution < 1.29 is 0 Å². The minimum Gasteiger partial charge on any atom is -0.329 e. The first-order valence-corrected chi connectivity index (χ1v) is 7.77. The van der Waals surface area contributed by atoms with Crippen LogP contribution in [0.4, 0.5) is 0 Å². The summed E-state index contributed by atoms with van der Waals surface area (Å²) in [7, 11) is 4.35. The molecule has 2 rings (SSSR count). The Kier molecular flexibility index (Phi) is 5.39. The predicted molar refractivity (Wildman–Crippen MR) is 84.2 cm³/mol. The minimum absolute atomic E-state index is 0.358. The highest BCUT2D eigenvalue weighted by atomic mass is 79.9. The van der Waals surface area contributed by atoms with Crippen molar-refractivity contribution in [2.24, 2.45) is 5.73 Å². The molecular weight excluding hydrogens is 302 g/mol. The first-order chi connectivity index (χ1) is 9.11. The van der Waals surface area contributed by atoms with Crippen LogP contribution < -0.4 is 5.73 Å². The molecule has 0 aromatic heterocycles. The van der Waals surface area contributed by atoms with Crippen LogP contribution in [-0.4, -0.2) is 49.6 Å². The minimum atomic E-state index is 0.358. The van der Waals surface area contributed by atoms with Gasteiger partial charge in [-0.05, 0) is 44.6 Å². The lowest BCUT2D eigenvalue weighted by Crippen LogP contribution is -2.45. The zero-order valence-corrected chi connectivity index (χ0v) is 13.4. The highest BCUT2D eigenvalue weighted by molar-refractivity contribution is 9.10. The Morgan fingerprint density at radius 2 is 1.84 bits per heavy atom. The van der Waals surface area contributed by atoms with E-state index in [0.29, 0.717) is 12.6 Å². The van der Waals surface area contributed by atoms with Crippen LogP contribution >= 0.6 is 15.9 Å². The molecule has 1 unspecified atom stereocenters. The fourth-order valence-electron chi connectivity index (χ4n) is 2.89. The maximum Gasteiger partial charge on any atom is 0.0470 e. The summed E-state index contributed by atoms with van der Waals surface area (Å²) in [6.07, 6.45) is 2.47. The van der Waals surface area contributed by atoms with Crippen molar-refractivity contribution in [1.82, 2.24) is 9.80 Å². The van der Waals surface area contributed by atoms with Gasteiger partial charge in [0.25, 0.3) is 0 Å². The van der Waals surface area contributed by atoms with Crippen molar-refractivity contribution in [3.8, 4) is 0 Å².